The van der Waals surface area contributed by atoms with Crippen molar-refractivity contribution in [2.45, 2.75) is 33.1 Å². The number of aryl methyl sites for hydroxylation is 1. The van der Waals surface area contributed by atoms with Gasteiger partial charge in [-0.15, -0.1) is 0 Å². The second-order valence-electron chi connectivity index (χ2n) is 8.82. The number of fused-ring (bicyclic) bond motifs is 1. The molecule has 0 bridgehead atoms. The lowest BCUT2D eigenvalue weighted by atomic mass is 9.87. The van der Waals surface area contributed by atoms with E-state index in [1.165, 1.54) is 24.3 Å². The van der Waals surface area contributed by atoms with Gasteiger partial charge in [-0.05, 0) is 65.4 Å². The molecule has 0 unspecified atom stereocenters. The Kier molecular flexibility index (Phi) is 5.43. The summed E-state index contributed by atoms with van der Waals surface area (Å²) in [5.41, 5.74) is 3.08. The van der Waals surface area contributed by atoms with Crippen LogP contribution in [0.1, 0.15) is 58.2 Å². The van der Waals surface area contributed by atoms with E-state index in [0.717, 1.165) is 5.56 Å². The number of Topliss-reactive ketones (excluding diaryl/α,β-unsaturated/α-hetero) is 1. The standard InChI is InChI=1S/C27H23FO4/c1-16-12-21(31-26(30)18-8-10-19(11-9-18)27(2,3)4)15-22-24(16)25(29)23(32-22)14-17-6-5-7-20(28)13-17/h5-15H,1-4H3/b23-14-. The minimum absolute atomic E-state index is 0.0137. The van der Waals surface area contributed by atoms with Crippen LogP contribution in [0.25, 0.3) is 6.08 Å². The average molecular weight is 430 g/mol. The predicted molar refractivity (Wildman–Crippen MR) is 121 cm³/mol. The number of esters is 1. The van der Waals surface area contributed by atoms with E-state index in [0.29, 0.717) is 28.0 Å². The molecule has 0 fully saturated rings. The summed E-state index contributed by atoms with van der Waals surface area (Å²) < 4.78 is 24.7. The van der Waals surface area contributed by atoms with Gasteiger partial charge in [0.15, 0.2) is 5.76 Å². The summed E-state index contributed by atoms with van der Waals surface area (Å²) in [6, 6.07) is 16.3. The maximum atomic E-state index is 13.5. The summed E-state index contributed by atoms with van der Waals surface area (Å²) >= 11 is 0. The zero-order valence-corrected chi connectivity index (χ0v) is 18.4. The molecule has 0 aromatic heterocycles. The molecule has 1 aliphatic heterocycles. The van der Waals surface area contributed by atoms with Crippen LogP contribution in [0.5, 0.6) is 11.5 Å². The number of rotatable bonds is 3. The first kappa shape index (κ1) is 21.5. The molecule has 32 heavy (non-hydrogen) atoms. The Morgan fingerprint density at radius 2 is 1.75 bits per heavy atom. The molecule has 0 spiro atoms. The van der Waals surface area contributed by atoms with Crippen molar-refractivity contribution >= 4 is 17.8 Å². The molecule has 4 nitrogen and oxygen atoms in total. The van der Waals surface area contributed by atoms with E-state index in [1.54, 1.807) is 37.3 Å². The molecule has 4 rings (SSSR count). The van der Waals surface area contributed by atoms with Gasteiger partial charge in [0, 0.05) is 6.07 Å². The first-order chi connectivity index (χ1) is 15.1. The highest BCUT2D eigenvalue weighted by atomic mass is 19.1. The van der Waals surface area contributed by atoms with Crippen molar-refractivity contribution in [2.75, 3.05) is 0 Å². The van der Waals surface area contributed by atoms with Crippen LogP contribution >= 0.6 is 0 Å². The fourth-order valence-corrected chi connectivity index (χ4v) is 3.56. The summed E-state index contributed by atoms with van der Waals surface area (Å²) in [6.45, 7) is 8.06. The Balaban J connectivity index is 1.56. The maximum Gasteiger partial charge on any atom is 0.343 e. The van der Waals surface area contributed by atoms with Crippen LogP contribution in [0.15, 0.2) is 66.4 Å². The van der Waals surface area contributed by atoms with Gasteiger partial charge in [0.1, 0.15) is 17.3 Å². The zero-order valence-electron chi connectivity index (χ0n) is 18.4. The summed E-state index contributed by atoms with van der Waals surface area (Å²) in [5, 5.41) is 0. The third-order valence-electron chi connectivity index (χ3n) is 5.29. The number of allylic oxidation sites excluding steroid dienone is 1. The molecule has 0 atom stereocenters. The maximum absolute atomic E-state index is 13.5. The normalized spacial score (nSPS) is 14.3. The molecule has 0 saturated heterocycles. The molecular formula is C27H23FO4. The average Bonchev–Trinajstić information content (AvgIpc) is 3.03. The molecule has 0 amide bonds. The van der Waals surface area contributed by atoms with E-state index in [-0.39, 0.29) is 22.7 Å². The molecule has 0 aliphatic carbocycles. The molecular weight excluding hydrogens is 407 g/mol. The van der Waals surface area contributed by atoms with E-state index in [1.807, 2.05) is 12.1 Å². The van der Waals surface area contributed by atoms with Crippen molar-refractivity contribution in [2.24, 2.45) is 0 Å². The third kappa shape index (κ3) is 4.33. The summed E-state index contributed by atoms with van der Waals surface area (Å²) in [5.74, 6) is -0.505. The minimum atomic E-state index is -0.496. The lowest BCUT2D eigenvalue weighted by molar-refractivity contribution is 0.0734. The van der Waals surface area contributed by atoms with Crippen LogP contribution in [0.2, 0.25) is 0 Å². The van der Waals surface area contributed by atoms with Crippen molar-refractivity contribution in [1.82, 2.24) is 0 Å². The van der Waals surface area contributed by atoms with E-state index >= 15 is 0 Å². The van der Waals surface area contributed by atoms with Crippen molar-refractivity contribution < 1.29 is 23.5 Å². The summed E-state index contributed by atoms with van der Waals surface area (Å²) in [7, 11) is 0. The third-order valence-corrected chi connectivity index (χ3v) is 5.29. The zero-order chi connectivity index (χ0) is 23.0. The molecule has 162 valence electrons. The predicted octanol–water partition coefficient (Wildman–Crippen LogP) is 6.27. The summed E-state index contributed by atoms with van der Waals surface area (Å²) in [4.78, 5) is 25.4. The van der Waals surface area contributed by atoms with E-state index < -0.39 is 11.8 Å². The monoisotopic (exact) mass is 430 g/mol. The number of hydrogen-bond donors (Lipinski definition) is 0. The van der Waals surface area contributed by atoms with Gasteiger partial charge in [-0.25, -0.2) is 9.18 Å². The van der Waals surface area contributed by atoms with Crippen LogP contribution in [-0.4, -0.2) is 11.8 Å². The second kappa shape index (κ2) is 8.08. The van der Waals surface area contributed by atoms with Gasteiger partial charge >= 0.3 is 5.97 Å². The van der Waals surface area contributed by atoms with Crippen molar-refractivity contribution in [3.8, 4) is 11.5 Å². The van der Waals surface area contributed by atoms with Crippen molar-refractivity contribution in [1.29, 1.82) is 0 Å². The Morgan fingerprint density at radius 3 is 2.41 bits per heavy atom. The van der Waals surface area contributed by atoms with E-state index in [2.05, 4.69) is 20.8 Å². The first-order valence-electron chi connectivity index (χ1n) is 10.3. The number of benzene rings is 3. The van der Waals surface area contributed by atoms with Crippen molar-refractivity contribution in [3.63, 3.8) is 0 Å². The molecule has 3 aromatic carbocycles. The molecule has 1 aliphatic rings. The van der Waals surface area contributed by atoms with E-state index in [9.17, 15) is 14.0 Å². The highest BCUT2D eigenvalue weighted by molar-refractivity contribution is 6.15. The topological polar surface area (TPSA) is 52.6 Å². The number of carbonyl (C=O) groups is 2. The molecule has 0 N–H and O–H groups in total. The van der Waals surface area contributed by atoms with Gasteiger partial charge in [0.2, 0.25) is 5.78 Å². The number of halogens is 1. The SMILES string of the molecule is Cc1cc(OC(=O)c2ccc(C(C)(C)C)cc2)cc2c1C(=O)/C(=C/c1cccc(F)c1)O2. The number of ketones is 1. The molecule has 0 radical (unpaired) electrons. The van der Waals surface area contributed by atoms with Crippen molar-refractivity contribution in [3.05, 3.63) is 100 Å². The highest BCUT2D eigenvalue weighted by Crippen LogP contribution is 2.37. The Hall–Kier alpha value is -3.73. The lowest BCUT2D eigenvalue weighted by Gasteiger charge is -2.18. The molecule has 5 heteroatoms. The quantitative estimate of drug-likeness (QED) is 0.279. The minimum Gasteiger partial charge on any atom is -0.452 e. The molecule has 3 aromatic rings. The van der Waals surface area contributed by atoms with E-state index in [4.69, 9.17) is 9.47 Å². The molecule has 0 saturated carbocycles. The van der Waals surface area contributed by atoms with Gasteiger partial charge in [-0.1, -0.05) is 45.0 Å². The Morgan fingerprint density at radius 1 is 1.03 bits per heavy atom. The highest BCUT2D eigenvalue weighted by Gasteiger charge is 2.30. The van der Waals surface area contributed by atoms with Crippen LogP contribution in [-0.2, 0) is 5.41 Å². The van der Waals surface area contributed by atoms with Gasteiger partial charge in [0.05, 0.1) is 11.1 Å². The first-order valence-corrected chi connectivity index (χ1v) is 10.3. The fourth-order valence-electron chi connectivity index (χ4n) is 3.56. The Labute approximate surface area is 186 Å². The summed E-state index contributed by atoms with van der Waals surface area (Å²) in [6.07, 6.45) is 1.49. The van der Waals surface area contributed by atoms with Crippen LogP contribution in [0.4, 0.5) is 4.39 Å². The van der Waals surface area contributed by atoms with Gasteiger partial charge in [-0.2, -0.15) is 0 Å². The van der Waals surface area contributed by atoms with Gasteiger partial charge in [-0.3, -0.25) is 4.79 Å². The van der Waals surface area contributed by atoms with Gasteiger partial charge in [0.25, 0.3) is 0 Å². The molecule has 1 heterocycles. The number of hydrogen-bond acceptors (Lipinski definition) is 4. The van der Waals surface area contributed by atoms with Crippen LogP contribution < -0.4 is 9.47 Å². The second-order valence-corrected chi connectivity index (χ2v) is 8.82. The number of carbonyl (C=O) groups excluding carboxylic acids is 2. The van der Waals surface area contributed by atoms with Gasteiger partial charge < -0.3 is 9.47 Å². The largest absolute Gasteiger partial charge is 0.452 e. The van der Waals surface area contributed by atoms with Crippen LogP contribution in [0.3, 0.4) is 0 Å². The van der Waals surface area contributed by atoms with Crippen LogP contribution in [0, 0.1) is 12.7 Å². The fraction of sp³-hybridized carbons (Fsp3) is 0.185. The Bertz CT molecular complexity index is 1250. The number of ether oxygens (including phenoxy) is 2. The lowest BCUT2D eigenvalue weighted by Crippen LogP contribution is -2.13. The smallest absolute Gasteiger partial charge is 0.343 e.